The molecule has 2 saturated heterocycles. The molecule has 0 saturated carbocycles. The fraction of sp³-hybridized carbons (Fsp3) is 0.524. The van der Waals surface area contributed by atoms with Crippen molar-refractivity contribution in [2.75, 3.05) is 26.3 Å². The average Bonchev–Trinajstić information content (AvgIpc) is 2.69. The highest BCUT2D eigenvalue weighted by Gasteiger charge is 2.46. The minimum absolute atomic E-state index is 0.0955. The van der Waals surface area contributed by atoms with E-state index in [9.17, 15) is 0 Å². The first-order valence-electron chi connectivity index (χ1n) is 9.55. The number of nitrogens with zero attached hydrogens (tertiary/aromatic N) is 3. The molecule has 0 spiro atoms. The smallest absolute Gasteiger partial charge is 0.0718 e. The monoisotopic (exact) mass is 353 g/mol. The summed E-state index contributed by atoms with van der Waals surface area (Å²) in [5.74, 6) is 0. The summed E-state index contributed by atoms with van der Waals surface area (Å²) in [6.07, 6.45) is 9.19. The van der Waals surface area contributed by atoms with Gasteiger partial charge in [0.1, 0.15) is 0 Å². The first-order chi connectivity index (χ1) is 12.8. The van der Waals surface area contributed by atoms with Gasteiger partial charge in [-0.05, 0) is 49.1 Å². The van der Waals surface area contributed by atoms with Gasteiger partial charge in [0.05, 0.1) is 25.0 Å². The Bertz CT molecular complexity index is 682. The third-order valence-corrected chi connectivity index (χ3v) is 5.59. The van der Waals surface area contributed by atoms with Crippen LogP contribution in [0.15, 0.2) is 48.9 Å². The molecule has 0 aromatic carbocycles. The number of pyridine rings is 2. The van der Waals surface area contributed by atoms with Crippen molar-refractivity contribution in [1.82, 2.24) is 14.9 Å². The molecule has 0 bridgehead atoms. The number of rotatable bonds is 6. The fourth-order valence-electron chi connectivity index (χ4n) is 4.30. The largest absolute Gasteiger partial charge is 0.377 e. The Morgan fingerprint density at radius 1 is 1.19 bits per heavy atom. The number of hydrogen-bond acceptors (Lipinski definition) is 5. The minimum atomic E-state index is 0.0955. The molecular formula is C21H27N3O2. The Hall–Kier alpha value is -1.82. The number of piperidine rings is 1. The Kier molecular flexibility index (Phi) is 5.58. The van der Waals surface area contributed by atoms with E-state index in [0.717, 1.165) is 51.4 Å². The van der Waals surface area contributed by atoms with Crippen molar-refractivity contribution in [1.29, 1.82) is 0 Å². The number of hydrogen-bond donors (Lipinski definition) is 0. The van der Waals surface area contributed by atoms with Crippen LogP contribution >= 0.6 is 0 Å². The van der Waals surface area contributed by atoms with Crippen LogP contribution in [0.5, 0.6) is 0 Å². The number of ether oxygens (including phenoxy) is 2. The predicted octanol–water partition coefficient (Wildman–Crippen LogP) is 3.06. The minimum Gasteiger partial charge on any atom is -0.377 e. The summed E-state index contributed by atoms with van der Waals surface area (Å²) in [5, 5.41) is 0. The molecule has 2 aromatic heterocycles. The molecule has 138 valence electrons. The summed E-state index contributed by atoms with van der Waals surface area (Å²) in [5.41, 5.74) is 2.40. The van der Waals surface area contributed by atoms with Crippen LogP contribution in [0.2, 0.25) is 0 Å². The van der Waals surface area contributed by atoms with E-state index in [1.165, 1.54) is 12.0 Å². The summed E-state index contributed by atoms with van der Waals surface area (Å²) >= 11 is 0. The molecule has 26 heavy (non-hydrogen) atoms. The van der Waals surface area contributed by atoms with Gasteiger partial charge in [-0.2, -0.15) is 0 Å². The second kappa shape index (κ2) is 8.25. The molecule has 0 amide bonds. The van der Waals surface area contributed by atoms with Gasteiger partial charge < -0.3 is 9.47 Å². The summed E-state index contributed by atoms with van der Waals surface area (Å²) in [7, 11) is 0. The van der Waals surface area contributed by atoms with Crippen LogP contribution in [0.3, 0.4) is 0 Å². The van der Waals surface area contributed by atoms with Crippen molar-refractivity contribution in [3.8, 4) is 0 Å². The average molecular weight is 353 g/mol. The van der Waals surface area contributed by atoms with Crippen molar-refractivity contribution < 1.29 is 9.47 Å². The maximum absolute atomic E-state index is 6.17. The third kappa shape index (κ3) is 4.11. The van der Waals surface area contributed by atoms with E-state index in [2.05, 4.69) is 27.0 Å². The Morgan fingerprint density at radius 2 is 2.12 bits per heavy atom. The Morgan fingerprint density at radius 3 is 2.96 bits per heavy atom. The zero-order valence-electron chi connectivity index (χ0n) is 15.2. The fourth-order valence-corrected chi connectivity index (χ4v) is 4.30. The zero-order chi connectivity index (χ0) is 17.7. The van der Waals surface area contributed by atoms with E-state index >= 15 is 0 Å². The molecule has 2 aliphatic heterocycles. The predicted molar refractivity (Wildman–Crippen MR) is 99.4 cm³/mol. The van der Waals surface area contributed by atoms with Gasteiger partial charge in [-0.3, -0.25) is 14.9 Å². The second-order valence-corrected chi connectivity index (χ2v) is 7.49. The molecule has 2 fully saturated rings. The molecule has 2 atom stereocenters. The summed E-state index contributed by atoms with van der Waals surface area (Å²) in [6, 6.07) is 10.2. The van der Waals surface area contributed by atoms with Crippen LogP contribution < -0.4 is 0 Å². The summed E-state index contributed by atoms with van der Waals surface area (Å²) in [4.78, 5) is 11.1. The Labute approximate surface area is 155 Å². The molecule has 2 aromatic rings. The summed E-state index contributed by atoms with van der Waals surface area (Å²) < 4.78 is 12.3. The molecule has 0 radical (unpaired) electrons. The van der Waals surface area contributed by atoms with Gasteiger partial charge in [-0.15, -0.1) is 0 Å². The molecule has 2 aliphatic rings. The van der Waals surface area contributed by atoms with Gasteiger partial charge in [-0.1, -0.05) is 6.07 Å². The third-order valence-electron chi connectivity index (χ3n) is 5.59. The van der Waals surface area contributed by atoms with E-state index in [0.29, 0.717) is 12.7 Å². The van der Waals surface area contributed by atoms with E-state index < -0.39 is 0 Å². The zero-order valence-corrected chi connectivity index (χ0v) is 15.2. The maximum atomic E-state index is 6.17. The lowest BCUT2D eigenvalue weighted by atomic mass is 9.73. The van der Waals surface area contributed by atoms with E-state index in [-0.39, 0.29) is 5.41 Å². The lowest BCUT2D eigenvalue weighted by Gasteiger charge is -2.50. The topological polar surface area (TPSA) is 47.5 Å². The van der Waals surface area contributed by atoms with E-state index in [1.807, 2.05) is 36.8 Å². The first-order valence-corrected chi connectivity index (χ1v) is 9.55. The van der Waals surface area contributed by atoms with Crippen molar-refractivity contribution in [3.63, 3.8) is 0 Å². The van der Waals surface area contributed by atoms with E-state index in [4.69, 9.17) is 9.47 Å². The molecule has 2 unspecified atom stereocenters. The number of aromatic nitrogens is 2. The van der Waals surface area contributed by atoms with E-state index in [1.54, 1.807) is 0 Å². The molecule has 4 rings (SSSR count). The second-order valence-electron chi connectivity index (χ2n) is 7.49. The maximum Gasteiger partial charge on any atom is 0.0718 e. The number of fused-ring (bicyclic) bond motifs is 1. The van der Waals surface area contributed by atoms with Crippen molar-refractivity contribution in [2.24, 2.45) is 5.41 Å². The Balaban J connectivity index is 1.41. The van der Waals surface area contributed by atoms with Crippen LogP contribution in [0.25, 0.3) is 0 Å². The SMILES string of the molecule is c1ccc(CN2CCC3OCCCC3(COCc3ccncc3)C2)nc1. The highest BCUT2D eigenvalue weighted by Crippen LogP contribution is 2.40. The number of likely N-dealkylation sites (tertiary alicyclic amines) is 1. The summed E-state index contributed by atoms with van der Waals surface area (Å²) in [6.45, 7) is 5.25. The van der Waals surface area contributed by atoms with Crippen LogP contribution in [-0.2, 0) is 22.6 Å². The quantitative estimate of drug-likeness (QED) is 0.799. The van der Waals surface area contributed by atoms with Gasteiger partial charge in [0.25, 0.3) is 0 Å². The normalized spacial score (nSPS) is 26.4. The highest BCUT2D eigenvalue weighted by atomic mass is 16.5. The van der Waals surface area contributed by atoms with Crippen molar-refractivity contribution >= 4 is 0 Å². The lowest BCUT2D eigenvalue weighted by Crippen LogP contribution is -2.56. The van der Waals surface area contributed by atoms with Gasteiger partial charge in [0, 0.05) is 50.2 Å². The van der Waals surface area contributed by atoms with Crippen LogP contribution in [0.1, 0.15) is 30.5 Å². The van der Waals surface area contributed by atoms with Crippen LogP contribution in [-0.4, -0.2) is 47.3 Å². The van der Waals surface area contributed by atoms with Crippen LogP contribution in [0.4, 0.5) is 0 Å². The highest BCUT2D eigenvalue weighted by molar-refractivity contribution is 5.08. The van der Waals surface area contributed by atoms with Gasteiger partial charge in [0.15, 0.2) is 0 Å². The standard InChI is InChI=1S/C21H27N3O2/c1-2-9-23-19(4-1)14-24-12-7-20-21(16-24,8-3-13-26-20)17-25-15-18-5-10-22-11-6-18/h1-2,4-6,9-11,20H,3,7-8,12-17H2. The molecule has 0 N–H and O–H groups in total. The lowest BCUT2D eigenvalue weighted by molar-refractivity contribution is -0.155. The van der Waals surface area contributed by atoms with Gasteiger partial charge >= 0.3 is 0 Å². The van der Waals surface area contributed by atoms with Crippen molar-refractivity contribution in [2.45, 2.75) is 38.5 Å². The molecular weight excluding hydrogens is 326 g/mol. The van der Waals surface area contributed by atoms with Crippen LogP contribution in [0, 0.1) is 5.41 Å². The molecule has 4 heterocycles. The van der Waals surface area contributed by atoms with Gasteiger partial charge in [-0.25, -0.2) is 0 Å². The van der Waals surface area contributed by atoms with Crippen molar-refractivity contribution in [3.05, 3.63) is 60.2 Å². The first kappa shape index (κ1) is 17.6. The molecule has 5 nitrogen and oxygen atoms in total. The van der Waals surface area contributed by atoms with Gasteiger partial charge in [0.2, 0.25) is 0 Å². The molecule has 5 heteroatoms. The molecule has 0 aliphatic carbocycles.